The minimum absolute atomic E-state index is 0.250. The Morgan fingerprint density at radius 2 is 1.81 bits per heavy atom. The van der Waals surface area contributed by atoms with Gasteiger partial charge in [-0.2, -0.15) is 0 Å². The number of methoxy groups -OCH3 is 2. The maximum Gasteiger partial charge on any atom is 0.335 e. The standard InChI is InChI=1S/C19H20BrNO5/c1-10-7-12(5-6-13(10)19(23)24)9-21-18(22)14-8-15(25-3)17(26-4)16(20)11(14)2/h5-8H,9H2,1-4H3,(H,21,22)(H,23,24). The van der Waals surface area contributed by atoms with E-state index < -0.39 is 5.97 Å². The molecule has 0 unspecified atom stereocenters. The molecule has 2 aromatic rings. The molecule has 6 nitrogen and oxygen atoms in total. The molecular formula is C19H20BrNO5. The third kappa shape index (κ3) is 3.99. The van der Waals surface area contributed by atoms with Gasteiger partial charge in [0, 0.05) is 12.1 Å². The number of aromatic carboxylic acids is 1. The van der Waals surface area contributed by atoms with Crippen molar-refractivity contribution in [2.75, 3.05) is 14.2 Å². The predicted molar refractivity (Wildman–Crippen MR) is 101 cm³/mol. The molecule has 0 bridgehead atoms. The van der Waals surface area contributed by atoms with E-state index in [1.54, 1.807) is 25.1 Å². The fourth-order valence-electron chi connectivity index (χ4n) is 2.63. The number of carboxylic acid groups (broad SMARTS) is 1. The van der Waals surface area contributed by atoms with Crippen LogP contribution in [0, 0.1) is 13.8 Å². The fourth-order valence-corrected chi connectivity index (χ4v) is 3.20. The molecule has 0 saturated carbocycles. The molecule has 0 radical (unpaired) electrons. The number of hydrogen-bond acceptors (Lipinski definition) is 4. The van der Waals surface area contributed by atoms with Crippen LogP contribution in [0.2, 0.25) is 0 Å². The minimum atomic E-state index is -0.969. The van der Waals surface area contributed by atoms with Crippen molar-refractivity contribution in [1.82, 2.24) is 5.32 Å². The normalized spacial score (nSPS) is 10.3. The molecule has 2 aromatic carbocycles. The number of amides is 1. The third-order valence-corrected chi connectivity index (χ3v) is 5.03. The highest BCUT2D eigenvalue weighted by molar-refractivity contribution is 9.10. The lowest BCUT2D eigenvalue weighted by atomic mass is 10.0. The Morgan fingerprint density at radius 1 is 1.12 bits per heavy atom. The summed E-state index contributed by atoms with van der Waals surface area (Å²) in [5, 5.41) is 11.9. The summed E-state index contributed by atoms with van der Waals surface area (Å²) in [6, 6.07) is 6.61. The first-order chi connectivity index (χ1) is 12.3. The Hall–Kier alpha value is -2.54. The summed E-state index contributed by atoms with van der Waals surface area (Å²) in [5.74, 6) is -0.244. The molecule has 0 saturated heterocycles. The summed E-state index contributed by atoms with van der Waals surface area (Å²) in [7, 11) is 3.04. The zero-order chi connectivity index (χ0) is 19.4. The summed E-state index contributed by atoms with van der Waals surface area (Å²) in [5.41, 5.74) is 2.91. The molecule has 0 aliphatic rings. The molecule has 0 atom stereocenters. The summed E-state index contributed by atoms with van der Waals surface area (Å²) < 4.78 is 11.2. The van der Waals surface area contributed by atoms with Gasteiger partial charge in [0.1, 0.15) is 0 Å². The van der Waals surface area contributed by atoms with Gasteiger partial charge in [-0.25, -0.2) is 4.79 Å². The third-order valence-electron chi connectivity index (χ3n) is 4.07. The van der Waals surface area contributed by atoms with E-state index in [0.717, 1.165) is 11.1 Å². The molecule has 2 rings (SSSR count). The summed E-state index contributed by atoms with van der Waals surface area (Å²) in [6.07, 6.45) is 0. The number of rotatable bonds is 6. The molecule has 26 heavy (non-hydrogen) atoms. The average molecular weight is 422 g/mol. The molecule has 0 spiro atoms. The van der Waals surface area contributed by atoms with Crippen molar-refractivity contribution in [1.29, 1.82) is 0 Å². The van der Waals surface area contributed by atoms with Crippen LogP contribution < -0.4 is 14.8 Å². The lowest BCUT2D eigenvalue weighted by Crippen LogP contribution is -2.24. The van der Waals surface area contributed by atoms with Crippen LogP contribution in [0.15, 0.2) is 28.7 Å². The van der Waals surface area contributed by atoms with Gasteiger partial charge in [-0.1, -0.05) is 12.1 Å². The molecule has 1 amide bonds. The Labute approximate surface area is 160 Å². The van der Waals surface area contributed by atoms with Crippen LogP contribution in [-0.2, 0) is 6.54 Å². The van der Waals surface area contributed by atoms with Crippen LogP contribution in [0.4, 0.5) is 0 Å². The van der Waals surface area contributed by atoms with E-state index in [1.807, 2.05) is 6.92 Å². The minimum Gasteiger partial charge on any atom is -0.493 e. The number of halogens is 1. The zero-order valence-electron chi connectivity index (χ0n) is 15.0. The van der Waals surface area contributed by atoms with Crippen molar-refractivity contribution < 1.29 is 24.2 Å². The molecule has 0 aliphatic carbocycles. The second-order valence-electron chi connectivity index (χ2n) is 5.74. The van der Waals surface area contributed by atoms with Gasteiger partial charge in [-0.05, 0) is 58.6 Å². The maximum absolute atomic E-state index is 12.6. The number of nitrogens with one attached hydrogen (secondary N) is 1. The maximum atomic E-state index is 12.6. The van der Waals surface area contributed by atoms with E-state index in [1.165, 1.54) is 20.3 Å². The van der Waals surface area contributed by atoms with Gasteiger partial charge in [-0.15, -0.1) is 0 Å². The van der Waals surface area contributed by atoms with Crippen LogP contribution in [0.25, 0.3) is 0 Å². The van der Waals surface area contributed by atoms with Gasteiger partial charge in [0.05, 0.1) is 24.3 Å². The molecule has 0 heterocycles. The molecule has 2 N–H and O–H groups in total. The second kappa shape index (κ2) is 8.23. The van der Waals surface area contributed by atoms with Crippen LogP contribution in [0.1, 0.15) is 37.4 Å². The van der Waals surface area contributed by atoms with E-state index in [2.05, 4.69) is 21.2 Å². The molecule has 0 aliphatic heterocycles. The lowest BCUT2D eigenvalue weighted by Gasteiger charge is -2.15. The largest absolute Gasteiger partial charge is 0.493 e. The van der Waals surface area contributed by atoms with Crippen molar-refractivity contribution in [3.63, 3.8) is 0 Å². The summed E-state index contributed by atoms with van der Waals surface area (Å²) >= 11 is 3.44. The Morgan fingerprint density at radius 3 is 2.35 bits per heavy atom. The highest BCUT2D eigenvalue weighted by Crippen LogP contribution is 2.39. The Balaban J connectivity index is 2.22. The van der Waals surface area contributed by atoms with E-state index in [0.29, 0.717) is 27.1 Å². The number of ether oxygens (including phenoxy) is 2. The molecule has 0 aromatic heterocycles. The van der Waals surface area contributed by atoms with Crippen LogP contribution >= 0.6 is 15.9 Å². The Bertz CT molecular complexity index is 863. The SMILES string of the molecule is COc1cc(C(=O)NCc2ccc(C(=O)O)c(C)c2)c(C)c(Br)c1OC. The van der Waals surface area contributed by atoms with Crippen LogP contribution in [-0.4, -0.2) is 31.2 Å². The topological polar surface area (TPSA) is 84.9 Å². The fraction of sp³-hybridized carbons (Fsp3) is 0.263. The number of hydrogen-bond donors (Lipinski definition) is 2. The molecule has 138 valence electrons. The van der Waals surface area contributed by atoms with Gasteiger partial charge in [0.15, 0.2) is 11.5 Å². The smallest absolute Gasteiger partial charge is 0.335 e. The number of carbonyl (C=O) groups excluding carboxylic acids is 1. The predicted octanol–water partition coefficient (Wildman–Crippen LogP) is 3.71. The lowest BCUT2D eigenvalue weighted by molar-refractivity contribution is 0.0695. The first-order valence-corrected chi connectivity index (χ1v) is 8.61. The number of aryl methyl sites for hydroxylation is 1. The van der Waals surface area contributed by atoms with Crippen molar-refractivity contribution in [2.24, 2.45) is 0 Å². The van der Waals surface area contributed by atoms with Gasteiger partial charge >= 0.3 is 5.97 Å². The second-order valence-corrected chi connectivity index (χ2v) is 6.53. The van der Waals surface area contributed by atoms with Gasteiger partial charge < -0.3 is 19.9 Å². The highest BCUT2D eigenvalue weighted by Gasteiger charge is 2.19. The van der Waals surface area contributed by atoms with Crippen LogP contribution in [0.5, 0.6) is 11.5 Å². The van der Waals surface area contributed by atoms with E-state index >= 15 is 0 Å². The van der Waals surface area contributed by atoms with E-state index in [4.69, 9.17) is 14.6 Å². The molecule has 7 heteroatoms. The van der Waals surface area contributed by atoms with Crippen LogP contribution in [0.3, 0.4) is 0 Å². The zero-order valence-corrected chi connectivity index (χ0v) is 16.6. The molecular weight excluding hydrogens is 402 g/mol. The highest BCUT2D eigenvalue weighted by atomic mass is 79.9. The Kier molecular flexibility index (Phi) is 6.26. The van der Waals surface area contributed by atoms with Gasteiger partial charge in [0.2, 0.25) is 0 Å². The van der Waals surface area contributed by atoms with Crippen molar-refractivity contribution in [3.05, 3.63) is 56.6 Å². The average Bonchev–Trinajstić information content (AvgIpc) is 2.61. The number of carbonyl (C=O) groups is 2. The van der Waals surface area contributed by atoms with Crippen molar-refractivity contribution >= 4 is 27.8 Å². The van der Waals surface area contributed by atoms with E-state index in [9.17, 15) is 9.59 Å². The monoisotopic (exact) mass is 421 g/mol. The van der Waals surface area contributed by atoms with Gasteiger partial charge in [-0.3, -0.25) is 4.79 Å². The quantitative estimate of drug-likeness (QED) is 0.742. The number of carboxylic acids is 1. The van der Waals surface area contributed by atoms with Gasteiger partial charge in [0.25, 0.3) is 5.91 Å². The molecule has 0 fully saturated rings. The number of benzene rings is 2. The first-order valence-electron chi connectivity index (χ1n) is 7.82. The summed E-state index contributed by atoms with van der Waals surface area (Å²) in [4.78, 5) is 23.7. The van der Waals surface area contributed by atoms with Crippen molar-refractivity contribution in [2.45, 2.75) is 20.4 Å². The summed E-state index contributed by atoms with van der Waals surface area (Å²) in [6.45, 7) is 3.82. The first kappa shape index (κ1) is 19.8. The van der Waals surface area contributed by atoms with E-state index in [-0.39, 0.29) is 18.0 Å². The van der Waals surface area contributed by atoms with Crippen molar-refractivity contribution in [3.8, 4) is 11.5 Å².